The Morgan fingerprint density at radius 2 is 2.44 bits per heavy atom. The lowest BCUT2D eigenvalue weighted by molar-refractivity contribution is 0.0540. The van der Waals surface area contributed by atoms with E-state index in [4.69, 9.17) is 10.5 Å². The van der Waals surface area contributed by atoms with Gasteiger partial charge in [-0.15, -0.1) is 0 Å². The summed E-state index contributed by atoms with van der Waals surface area (Å²) in [5.41, 5.74) is 5.82. The third-order valence-electron chi connectivity index (χ3n) is 3.66. The maximum absolute atomic E-state index is 10.9. The smallest absolute Gasteiger partial charge is 0.407 e. The summed E-state index contributed by atoms with van der Waals surface area (Å²) in [5, 5.41) is 2.68. The molecule has 1 amide bonds. The molecule has 2 fully saturated rings. The summed E-state index contributed by atoms with van der Waals surface area (Å²) in [7, 11) is 0. The number of likely N-dealkylation sites (tertiary alicyclic amines) is 1. The first-order chi connectivity index (χ1) is 7.70. The van der Waals surface area contributed by atoms with Crippen molar-refractivity contribution in [3.63, 3.8) is 0 Å². The van der Waals surface area contributed by atoms with Crippen LogP contribution in [0.25, 0.3) is 0 Å². The minimum atomic E-state index is -0.292. The first-order valence-electron chi connectivity index (χ1n) is 6.09. The Balaban J connectivity index is 1.89. The van der Waals surface area contributed by atoms with Gasteiger partial charge in [0.15, 0.2) is 0 Å². The minimum absolute atomic E-state index is 0.00755. The molecular weight excluding hydrogens is 206 g/mol. The Kier molecular flexibility index (Phi) is 3.66. The van der Waals surface area contributed by atoms with Crippen molar-refractivity contribution in [2.24, 2.45) is 11.7 Å². The van der Waals surface area contributed by atoms with E-state index in [2.05, 4.69) is 17.1 Å². The zero-order valence-electron chi connectivity index (χ0n) is 9.82. The predicted octanol–water partition coefficient (Wildman–Crippen LogP) is 0.154. The summed E-state index contributed by atoms with van der Waals surface area (Å²) in [5.74, 6) is 0.642. The van der Waals surface area contributed by atoms with Crippen LogP contribution in [0, 0.1) is 5.92 Å². The Bertz CT molecular complexity index is 260. The van der Waals surface area contributed by atoms with Crippen LogP contribution in [0.4, 0.5) is 4.79 Å². The summed E-state index contributed by atoms with van der Waals surface area (Å²) < 4.78 is 5.16. The predicted molar refractivity (Wildman–Crippen MR) is 61.1 cm³/mol. The molecule has 0 bridgehead atoms. The maximum Gasteiger partial charge on any atom is 0.407 e. The van der Waals surface area contributed by atoms with Crippen molar-refractivity contribution in [1.82, 2.24) is 10.2 Å². The molecule has 2 aliphatic heterocycles. The van der Waals surface area contributed by atoms with Gasteiger partial charge in [0.2, 0.25) is 0 Å². The number of nitrogens with one attached hydrogen (secondary N) is 1. The Hall–Kier alpha value is -0.810. The molecule has 0 aromatic heterocycles. The minimum Gasteiger partial charge on any atom is -0.443 e. The molecule has 3 atom stereocenters. The highest BCUT2D eigenvalue weighted by atomic mass is 16.6. The molecular formula is C11H21N3O2. The molecule has 16 heavy (non-hydrogen) atoms. The lowest BCUT2D eigenvalue weighted by atomic mass is 9.90. The van der Waals surface area contributed by atoms with Gasteiger partial charge in [0.25, 0.3) is 0 Å². The Labute approximate surface area is 96.3 Å². The van der Waals surface area contributed by atoms with E-state index < -0.39 is 0 Å². The number of ether oxygens (including phenoxy) is 1. The van der Waals surface area contributed by atoms with Gasteiger partial charge in [-0.2, -0.15) is 0 Å². The maximum atomic E-state index is 10.9. The van der Waals surface area contributed by atoms with Gasteiger partial charge in [0.1, 0.15) is 6.10 Å². The van der Waals surface area contributed by atoms with Gasteiger partial charge in [0.05, 0.1) is 6.54 Å². The number of hydrogen-bond donors (Lipinski definition) is 2. The third-order valence-corrected chi connectivity index (χ3v) is 3.66. The van der Waals surface area contributed by atoms with Crippen LogP contribution in [-0.4, -0.2) is 49.3 Å². The standard InChI is InChI=1S/C11H21N3O2/c1-8-3-2-4-14(10(8)5-12)7-9-6-13-11(15)16-9/h8-10H,2-7,12H2,1H3,(H,13,15). The Morgan fingerprint density at radius 3 is 3.06 bits per heavy atom. The van der Waals surface area contributed by atoms with Gasteiger partial charge < -0.3 is 15.8 Å². The van der Waals surface area contributed by atoms with E-state index in [-0.39, 0.29) is 12.2 Å². The topological polar surface area (TPSA) is 67.6 Å². The van der Waals surface area contributed by atoms with Crippen LogP contribution in [0.3, 0.4) is 0 Å². The van der Waals surface area contributed by atoms with E-state index >= 15 is 0 Å². The third kappa shape index (κ3) is 2.47. The van der Waals surface area contributed by atoms with Gasteiger partial charge in [0, 0.05) is 19.1 Å². The van der Waals surface area contributed by atoms with E-state index in [0.717, 1.165) is 13.1 Å². The molecule has 2 rings (SSSR count). The van der Waals surface area contributed by atoms with Gasteiger partial charge in [-0.1, -0.05) is 6.92 Å². The molecule has 5 nitrogen and oxygen atoms in total. The molecule has 3 N–H and O–H groups in total. The first kappa shape index (κ1) is 11.7. The SMILES string of the molecule is CC1CCCN(CC2CNC(=O)O2)C1CN. The van der Waals surface area contributed by atoms with E-state index in [0.29, 0.717) is 25.0 Å². The van der Waals surface area contributed by atoms with E-state index in [9.17, 15) is 4.79 Å². The van der Waals surface area contributed by atoms with Gasteiger partial charge in [-0.05, 0) is 25.3 Å². The van der Waals surface area contributed by atoms with Crippen LogP contribution in [0.5, 0.6) is 0 Å². The lowest BCUT2D eigenvalue weighted by Crippen LogP contribution is -2.51. The van der Waals surface area contributed by atoms with Gasteiger partial charge >= 0.3 is 6.09 Å². The van der Waals surface area contributed by atoms with Gasteiger partial charge in [-0.3, -0.25) is 4.90 Å². The zero-order chi connectivity index (χ0) is 11.5. The summed E-state index contributed by atoms with van der Waals surface area (Å²) in [6.45, 7) is 5.45. The van der Waals surface area contributed by atoms with Crippen LogP contribution in [0.2, 0.25) is 0 Å². The summed E-state index contributed by atoms with van der Waals surface area (Å²) in [6, 6.07) is 0.438. The molecule has 0 saturated carbocycles. The molecule has 2 aliphatic rings. The van der Waals surface area contributed by atoms with Gasteiger partial charge in [-0.25, -0.2) is 4.79 Å². The van der Waals surface area contributed by atoms with Crippen LogP contribution >= 0.6 is 0 Å². The molecule has 2 heterocycles. The fourth-order valence-corrected chi connectivity index (χ4v) is 2.74. The monoisotopic (exact) mass is 227 g/mol. The zero-order valence-corrected chi connectivity index (χ0v) is 9.82. The molecule has 0 aliphatic carbocycles. The number of piperidine rings is 1. The van der Waals surface area contributed by atoms with Crippen LogP contribution < -0.4 is 11.1 Å². The lowest BCUT2D eigenvalue weighted by Gasteiger charge is -2.40. The number of rotatable bonds is 3. The van der Waals surface area contributed by atoms with Crippen molar-refractivity contribution < 1.29 is 9.53 Å². The van der Waals surface area contributed by atoms with Crippen molar-refractivity contribution >= 4 is 6.09 Å². The number of nitrogens with two attached hydrogens (primary N) is 1. The van der Waals surface area contributed by atoms with E-state index in [1.54, 1.807) is 0 Å². The fourth-order valence-electron chi connectivity index (χ4n) is 2.74. The van der Waals surface area contributed by atoms with Crippen molar-refractivity contribution in [3.05, 3.63) is 0 Å². The van der Waals surface area contributed by atoms with Crippen molar-refractivity contribution in [2.45, 2.75) is 31.9 Å². The molecule has 92 valence electrons. The highest BCUT2D eigenvalue weighted by molar-refractivity contribution is 5.69. The molecule has 0 radical (unpaired) electrons. The second-order valence-corrected chi connectivity index (χ2v) is 4.83. The molecule has 5 heteroatoms. The van der Waals surface area contributed by atoms with Crippen molar-refractivity contribution in [1.29, 1.82) is 0 Å². The number of carbonyl (C=O) groups is 1. The molecule has 2 saturated heterocycles. The molecule has 3 unspecified atom stereocenters. The Morgan fingerprint density at radius 1 is 1.62 bits per heavy atom. The molecule has 0 aromatic carbocycles. The summed E-state index contributed by atoms with van der Waals surface area (Å²) >= 11 is 0. The second-order valence-electron chi connectivity index (χ2n) is 4.83. The highest BCUT2D eigenvalue weighted by Crippen LogP contribution is 2.23. The summed E-state index contributed by atoms with van der Waals surface area (Å²) in [4.78, 5) is 13.3. The normalized spacial score (nSPS) is 35.9. The quantitative estimate of drug-likeness (QED) is 0.720. The number of amides is 1. The highest BCUT2D eigenvalue weighted by Gasteiger charge is 2.31. The number of cyclic esters (lactones) is 1. The number of alkyl carbamates (subject to hydrolysis) is 1. The van der Waals surface area contributed by atoms with Crippen LogP contribution in [-0.2, 0) is 4.74 Å². The second kappa shape index (κ2) is 5.01. The molecule has 0 spiro atoms. The fraction of sp³-hybridized carbons (Fsp3) is 0.909. The van der Waals surface area contributed by atoms with Crippen LogP contribution in [0.15, 0.2) is 0 Å². The number of nitrogens with zero attached hydrogens (tertiary/aromatic N) is 1. The van der Waals surface area contributed by atoms with Crippen molar-refractivity contribution in [3.8, 4) is 0 Å². The average molecular weight is 227 g/mol. The first-order valence-corrected chi connectivity index (χ1v) is 6.09. The number of hydrogen-bond acceptors (Lipinski definition) is 4. The molecule has 0 aromatic rings. The number of carbonyl (C=O) groups excluding carboxylic acids is 1. The summed E-state index contributed by atoms with van der Waals surface area (Å²) in [6.07, 6.45) is 2.17. The van der Waals surface area contributed by atoms with E-state index in [1.165, 1.54) is 12.8 Å². The largest absolute Gasteiger partial charge is 0.443 e. The van der Waals surface area contributed by atoms with Crippen molar-refractivity contribution in [2.75, 3.05) is 26.2 Å². The average Bonchev–Trinajstić information content (AvgIpc) is 2.64. The van der Waals surface area contributed by atoms with Crippen LogP contribution in [0.1, 0.15) is 19.8 Å². The van der Waals surface area contributed by atoms with E-state index in [1.807, 2.05) is 0 Å².